The third-order valence-electron chi connectivity index (χ3n) is 4.92. The maximum absolute atomic E-state index is 12.7. The van der Waals surface area contributed by atoms with Crippen molar-refractivity contribution in [3.63, 3.8) is 0 Å². The predicted molar refractivity (Wildman–Crippen MR) is 109 cm³/mol. The zero-order valence-corrected chi connectivity index (χ0v) is 16.5. The number of nitrogens with one attached hydrogen (secondary N) is 1. The van der Waals surface area contributed by atoms with E-state index in [1.54, 1.807) is 24.1 Å². The van der Waals surface area contributed by atoms with Crippen LogP contribution in [0, 0.1) is 6.92 Å². The highest BCUT2D eigenvalue weighted by Crippen LogP contribution is 2.23. The molecule has 3 aromatic rings. The normalized spacial score (nSPS) is 13.2. The fourth-order valence-corrected chi connectivity index (χ4v) is 3.16. The molecule has 1 aliphatic rings. The van der Waals surface area contributed by atoms with E-state index in [-0.39, 0.29) is 11.8 Å². The van der Waals surface area contributed by atoms with E-state index in [2.05, 4.69) is 10.5 Å². The Morgan fingerprint density at radius 3 is 2.48 bits per heavy atom. The highest BCUT2D eigenvalue weighted by atomic mass is 16.5. The largest absolute Gasteiger partial charge is 0.359 e. The van der Waals surface area contributed by atoms with Crippen LogP contribution in [0.15, 0.2) is 59.1 Å². The molecule has 148 valence electrons. The number of aromatic nitrogens is 1. The zero-order valence-electron chi connectivity index (χ0n) is 16.5. The van der Waals surface area contributed by atoms with Crippen LogP contribution in [0.25, 0.3) is 11.1 Å². The molecule has 1 aliphatic carbocycles. The quantitative estimate of drug-likeness (QED) is 0.696. The molecule has 0 saturated heterocycles. The van der Waals surface area contributed by atoms with Crippen molar-refractivity contribution in [1.29, 1.82) is 0 Å². The molecule has 2 aromatic carbocycles. The molecule has 1 N–H and O–H groups in total. The second kappa shape index (κ2) is 7.91. The number of carbonyl (C=O) groups is 2. The van der Waals surface area contributed by atoms with Gasteiger partial charge in [-0.15, -0.1) is 0 Å². The Hall–Kier alpha value is -3.41. The number of amides is 2. The number of benzene rings is 2. The van der Waals surface area contributed by atoms with Crippen molar-refractivity contribution >= 4 is 11.8 Å². The van der Waals surface area contributed by atoms with Crippen molar-refractivity contribution < 1.29 is 14.1 Å². The molecule has 6 heteroatoms. The van der Waals surface area contributed by atoms with Crippen molar-refractivity contribution in [1.82, 2.24) is 15.4 Å². The van der Waals surface area contributed by atoms with Gasteiger partial charge in [-0.25, -0.2) is 0 Å². The topological polar surface area (TPSA) is 75.4 Å². The molecule has 0 spiro atoms. The molecule has 1 aromatic heterocycles. The van der Waals surface area contributed by atoms with Crippen LogP contribution in [0.4, 0.5) is 0 Å². The Kier molecular flexibility index (Phi) is 5.16. The molecule has 1 heterocycles. The first-order valence-electron chi connectivity index (χ1n) is 9.68. The van der Waals surface area contributed by atoms with Gasteiger partial charge >= 0.3 is 0 Å². The van der Waals surface area contributed by atoms with Crippen molar-refractivity contribution in [2.45, 2.75) is 32.4 Å². The van der Waals surface area contributed by atoms with E-state index in [0.29, 0.717) is 29.5 Å². The van der Waals surface area contributed by atoms with E-state index in [9.17, 15) is 9.59 Å². The summed E-state index contributed by atoms with van der Waals surface area (Å²) in [6.07, 6.45) is 2.12. The maximum atomic E-state index is 12.7. The standard InChI is InChI=1S/C23H23N3O3/c1-15-12-21(29-25-15)14-26(2)23(28)17-8-6-16(7-9-17)18-4-3-5-19(13-18)22(27)24-20-10-11-20/h3-9,12-13,20H,10-11,14H2,1-2H3,(H,24,27). The van der Waals surface area contributed by atoms with Crippen molar-refractivity contribution in [3.05, 3.63) is 77.2 Å². The summed E-state index contributed by atoms with van der Waals surface area (Å²) in [7, 11) is 1.73. The second-order valence-electron chi connectivity index (χ2n) is 7.50. The minimum atomic E-state index is -0.0943. The lowest BCUT2D eigenvalue weighted by Crippen LogP contribution is -2.26. The van der Waals surface area contributed by atoms with Gasteiger partial charge in [-0.1, -0.05) is 29.4 Å². The number of hydrogen-bond donors (Lipinski definition) is 1. The molecule has 0 aliphatic heterocycles. The zero-order chi connectivity index (χ0) is 20.4. The summed E-state index contributed by atoms with van der Waals surface area (Å²) in [6.45, 7) is 2.21. The minimum absolute atomic E-state index is 0.0366. The first-order valence-corrected chi connectivity index (χ1v) is 9.68. The summed E-state index contributed by atoms with van der Waals surface area (Å²) in [4.78, 5) is 26.5. The third-order valence-corrected chi connectivity index (χ3v) is 4.92. The molecule has 2 amide bonds. The third kappa shape index (κ3) is 4.54. The summed E-state index contributed by atoms with van der Waals surface area (Å²) in [5.74, 6) is 0.518. The van der Waals surface area contributed by atoms with Crippen molar-refractivity contribution in [2.24, 2.45) is 0 Å². The highest BCUT2D eigenvalue weighted by Gasteiger charge is 2.23. The molecule has 6 nitrogen and oxygen atoms in total. The maximum Gasteiger partial charge on any atom is 0.254 e. The molecular formula is C23H23N3O3. The van der Waals surface area contributed by atoms with Crippen LogP contribution in [-0.4, -0.2) is 35.0 Å². The fourth-order valence-electron chi connectivity index (χ4n) is 3.16. The predicted octanol–water partition coefficient (Wildman–Crippen LogP) is 3.81. The van der Waals surface area contributed by atoms with Gasteiger partial charge in [0, 0.05) is 30.3 Å². The van der Waals surface area contributed by atoms with Gasteiger partial charge in [-0.05, 0) is 55.2 Å². The summed E-state index contributed by atoms with van der Waals surface area (Å²) in [5, 5.41) is 6.85. The Balaban J connectivity index is 1.45. The SMILES string of the molecule is Cc1cc(CN(C)C(=O)c2ccc(-c3cccc(C(=O)NC4CC4)c3)cc2)on1. The highest BCUT2D eigenvalue weighted by molar-refractivity contribution is 5.96. The van der Waals surface area contributed by atoms with Gasteiger partial charge in [-0.3, -0.25) is 9.59 Å². The fraction of sp³-hybridized carbons (Fsp3) is 0.261. The van der Waals surface area contributed by atoms with Crippen LogP contribution in [0.1, 0.15) is 45.0 Å². The Bertz CT molecular complexity index is 1040. The lowest BCUT2D eigenvalue weighted by atomic mass is 10.0. The lowest BCUT2D eigenvalue weighted by Gasteiger charge is -2.15. The molecule has 0 unspecified atom stereocenters. The molecular weight excluding hydrogens is 366 g/mol. The van der Waals surface area contributed by atoms with Gasteiger partial charge in [0.25, 0.3) is 11.8 Å². The average Bonchev–Trinajstić information content (AvgIpc) is 3.46. The molecule has 1 saturated carbocycles. The minimum Gasteiger partial charge on any atom is -0.359 e. The van der Waals surface area contributed by atoms with Crippen LogP contribution in [-0.2, 0) is 6.54 Å². The summed E-state index contributed by atoms with van der Waals surface area (Å²) < 4.78 is 5.18. The molecule has 29 heavy (non-hydrogen) atoms. The van der Waals surface area contributed by atoms with Gasteiger partial charge in [-0.2, -0.15) is 0 Å². The summed E-state index contributed by atoms with van der Waals surface area (Å²) in [5.41, 5.74) is 3.93. The second-order valence-corrected chi connectivity index (χ2v) is 7.50. The first-order chi connectivity index (χ1) is 14.0. The van der Waals surface area contributed by atoms with Crippen LogP contribution >= 0.6 is 0 Å². The number of rotatable bonds is 6. The van der Waals surface area contributed by atoms with E-state index in [4.69, 9.17) is 4.52 Å². The molecule has 1 fully saturated rings. The van der Waals surface area contributed by atoms with E-state index in [1.165, 1.54) is 0 Å². The Labute approximate surface area is 169 Å². The van der Waals surface area contributed by atoms with Gasteiger partial charge in [0.15, 0.2) is 5.76 Å². The van der Waals surface area contributed by atoms with Gasteiger partial charge in [0.1, 0.15) is 0 Å². The van der Waals surface area contributed by atoms with Crippen molar-refractivity contribution in [2.75, 3.05) is 7.05 Å². The van der Waals surface area contributed by atoms with Gasteiger partial charge in [0.2, 0.25) is 0 Å². The molecule has 0 bridgehead atoms. The monoisotopic (exact) mass is 389 g/mol. The molecule has 4 rings (SSSR count). The number of hydrogen-bond acceptors (Lipinski definition) is 4. The number of aryl methyl sites for hydroxylation is 1. The molecule has 0 atom stereocenters. The van der Waals surface area contributed by atoms with Crippen LogP contribution in [0.5, 0.6) is 0 Å². The first kappa shape index (κ1) is 18.9. The van der Waals surface area contributed by atoms with Crippen LogP contribution in [0.2, 0.25) is 0 Å². The smallest absolute Gasteiger partial charge is 0.254 e. The van der Waals surface area contributed by atoms with Crippen LogP contribution in [0.3, 0.4) is 0 Å². The number of carbonyl (C=O) groups excluding carboxylic acids is 2. The van der Waals surface area contributed by atoms with E-state index >= 15 is 0 Å². The average molecular weight is 389 g/mol. The number of nitrogens with zero attached hydrogens (tertiary/aromatic N) is 2. The van der Waals surface area contributed by atoms with Crippen molar-refractivity contribution in [3.8, 4) is 11.1 Å². The van der Waals surface area contributed by atoms with Gasteiger partial charge < -0.3 is 14.7 Å². The Morgan fingerprint density at radius 1 is 1.07 bits per heavy atom. The summed E-state index contributed by atoms with van der Waals surface area (Å²) in [6, 6.07) is 17.1. The van der Waals surface area contributed by atoms with E-state index in [0.717, 1.165) is 29.7 Å². The lowest BCUT2D eigenvalue weighted by molar-refractivity contribution is 0.0772. The Morgan fingerprint density at radius 2 is 1.83 bits per heavy atom. The molecule has 0 radical (unpaired) electrons. The van der Waals surface area contributed by atoms with E-state index < -0.39 is 0 Å². The van der Waals surface area contributed by atoms with E-state index in [1.807, 2.05) is 49.4 Å². The summed E-state index contributed by atoms with van der Waals surface area (Å²) >= 11 is 0. The van der Waals surface area contributed by atoms with Gasteiger partial charge in [0.05, 0.1) is 12.2 Å². The van der Waals surface area contributed by atoms with Crippen LogP contribution < -0.4 is 5.32 Å².